The van der Waals surface area contributed by atoms with Gasteiger partial charge in [-0.3, -0.25) is 4.40 Å². The van der Waals surface area contributed by atoms with Gasteiger partial charge in [-0.05, 0) is 69.1 Å². The molecular weight excluding hydrogens is 468 g/mol. The van der Waals surface area contributed by atoms with Gasteiger partial charge in [-0.2, -0.15) is 0 Å². The van der Waals surface area contributed by atoms with Crippen LogP contribution in [-0.2, 0) is 6.54 Å². The average Bonchev–Trinajstić information content (AvgIpc) is 3.30. The van der Waals surface area contributed by atoms with Crippen molar-refractivity contribution < 1.29 is 14.6 Å². The zero-order chi connectivity index (χ0) is 25.5. The van der Waals surface area contributed by atoms with Crippen molar-refractivity contribution in [2.24, 2.45) is 11.3 Å². The van der Waals surface area contributed by atoms with Crippen LogP contribution in [-0.4, -0.2) is 55.2 Å². The molecule has 5 heterocycles. The van der Waals surface area contributed by atoms with Gasteiger partial charge < -0.3 is 24.6 Å². The molecule has 4 fully saturated rings. The molecule has 1 atom stereocenters. The summed E-state index contributed by atoms with van der Waals surface area (Å²) in [4.78, 5) is 24.4. The Morgan fingerprint density at radius 2 is 2.00 bits per heavy atom. The number of carbonyl (C=O) groups is 1. The third-order valence-corrected chi connectivity index (χ3v) is 8.71. The van der Waals surface area contributed by atoms with Crippen molar-refractivity contribution in [1.82, 2.24) is 29.2 Å². The molecular formula is C28H32N6O3. The molecule has 4 aromatic heterocycles. The van der Waals surface area contributed by atoms with E-state index in [1.54, 1.807) is 19.2 Å². The number of hydrogen-bond donors (Lipinski definition) is 2. The molecule has 9 nitrogen and oxygen atoms in total. The van der Waals surface area contributed by atoms with Crippen LogP contribution in [0, 0.1) is 18.3 Å². The highest BCUT2D eigenvalue weighted by molar-refractivity contribution is 5.85. The second-order valence-electron chi connectivity index (χ2n) is 11.3. The third-order valence-electron chi connectivity index (χ3n) is 8.71. The van der Waals surface area contributed by atoms with E-state index in [0.717, 1.165) is 65.8 Å². The van der Waals surface area contributed by atoms with Crippen molar-refractivity contribution in [3.63, 3.8) is 0 Å². The number of fused-ring (bicyclic) bond motifs is 2. The quantitative estimate of drug-likeness (QED) is 0.402. The summed E-state index contributed by atoms with van der Waals surface area (Å²) in [5, 5.41) is 14.4. The van der Waals surface area contributed by atoms with Crippen LogP contribution in [0.5, 0.6) is 11.6 Å². The summed E-state index contributed by atoms with van der Waals surface area (Å²) in [7, 11) is 1.60. The molecule has 3 aliphatic carbocycles. The number of carbonyl (C=O) groups excluding carboxylic acids is 1. The lowest BCUT2D eigenvalue weighted by molar-refractivity contribution is -0.117. The standard InChI is InChI=1S/C28H32N6O3/c1-16(29-27(36)32-7-4-8-32)21-6-5-19-9-22(33(26(19)30-21)15-28-12-18(13-28)14-28)25-17(2)34-23(31-25)10-20(35)11-24(34)37-3/h5-6,9-11,16,18,35H,4,7-8,12-15H2,1-3H3,(H,29,36)/t16-,18?,28?/m1/s1. The van der Waals surface area contributed by atoms with E-state index in [0.29, 0.717) is 16.9 Å². The Hall–Kier alpha value is -3.75. The lowest BCUT2D eigenvalue weighted by Gasteiger charge is -2.62. The largest absolute Gasteiger partial charge is 0.508 e. The molecule has 192 valence electrons. The SMILES string of the molecule is COc1cc(O)cc2nc(-c3cc4ccc([C@@H](C)NC(=O)N5CCC5)nc4n3CC34CC(C3)C4)c(C)n12. The molecule has 1 saturated heterocycles. The van der Waals surface area contributed by atoms with E-state index < -0.39 is 0 Å². The summed E-state index contributed by atoms with van der Waals surface area (Å²) in [5.41, 5.74) is 5.59. The van der Waals surface area contributed by atoms with Crippen molar-refractivity contribution in [2.75, 3.05) is 20.2 Å². The molecule has 0 aromatic carbocycles. The number of amides is 2. The van der Waals surface area contributed by atoms with E-state index in [2.05, 4.69) is 22.0 Å². The number of nitrogens with zero attached hydrogens (tertiary/aromatic N) is 5. The molecule has 4 aromatic rings. The van der Waals surface area contributed by atoms with Gasteiger partial charge in [0.15, 0.2) is 0 Å². The fourth-order valence-electron chi connectivity index (χ4n) is 6.45. The van der Waals surface area contributed by atoms with Crippen LogP contribution in [0.1, 0.15) is 50.0 Å². The van der Waals surface area contributed by atoms with Crippen molar-refractivity contribution in [2.45, 2.75) is 52.1 Å². The second-order valence-corrected chi connectivity index (χ2v) is 11.3. The molecule has 4 aliphatic rings. The van der Waals surface area contributed by atoms with E-state index in [1.165, 1.54) is 19.3 Å². The second kappa shape index (κ2) is 7.87. The lowest BCUT2D eigenvalue weighted by atomic mass is 9.44. The Bertz CT molecular complexity index is 1550. The minimum atomic E-state index is -0.191. The Morgan fingerprint density at radius 3 is 2.65 bits per heavy atom. The average molecular weight is 501 g/mol. The summed E-state index contributed by atoms with van der Waals surface area (Å²) in [6, 6.07) is 9.33. The van der Waals surface area contributed by atoms with Gasteiger partial charge in [0.05, 0.1) is 30.2 Å². The minimum absolute atomic E-state index is 0.0249. The predicted octanol–water partition coefficient (Wildman–Crippen LogP) is 4.65. The number of likely N-dealkylation sites (tertiary alicyclic amines) is 1. The number of aromatic nitrogens is 4. The zero-order valence-electron chi connectivity index (χ0n) is 21.5. The van der Waals surface area contributed by atoms with Crippen LogP contribution in [0.2, 0.25) is 0 Å². The monoisotopic (exact) mass is 500 g/mol. The number of ether oxygens (including phenoxy) is 1. The summed E-state index contributed by atoms with van der Waals surface area (Å²) < 4.78 is 9.82. The van der Waals surface area contributed by atoms with E-state index >= 15 is 0 Å². The molecule has 1 aliphatic heterocycles. The number of hydrogen-bond acceptors (Lipinski definition) is 5. The molecule has 37 heavy (non-hydrogen) atoms. The van der Waals surface area contributed by atoms with Gasteiger partial charge in [0.2, 0.25) is 5.88 Å². The number of imidazole rings is 1. The molecule has 3 saturated carbocycles. The highest BCUT2D eigenvalue weighted by Crippen LogP contribution is 2.65. The number of aryl methyl sites for hydroxylation is 1. The van der Waals surface area contributed by atoms with Gasteiger partial charge in [-0.25, -0.2) is 14.8 Å². The lowest BCUT2D eigenvalue weighted by Crippen LogP contribution is -2.54. The van der Waals surface area contributed by atoms with Crippen LogP contribution >= 0.6 is 0 Å². The van der Waals surface area contributed by atoms with Crippen molar-refractivity contribution >= 4 is 22.7 Å². The molecule has 0 radical (unpaired) electrons. The Balaban J connectivity index is 1.34. The van der Waals surface area contributed by atoms with Gasteiger partial charge in [0.25, 0.3) is 0 Å². The van der Waals surface area contributed by atoms with Gasteiger partial charge >= 0.3 is 6.03 Å². The first-order valence-corrected chi connectivity index (χ1v) is 13.2. The van der Waals surface area contributed by atoms with Gasteiger partial charge in [-0.1, -0.05) is 0 Å². The van der Waals surface area contributed by atoms with Crippen LogP contribution in [0.25, 0.3) is 28.1 Å². The molecule has 8 rings (SSSR count). The van der Waals surface area contributed by atoms with Crippen molar-refractivity contribution in [3.05, 3.63) is 41.7 Å². The molecule has 9 heteroatoms. The highest BCUT2D eigenvalue weighted by atomic mass is 16.5. The fraction of sp³-hybridized carbons (Fsp3) is 0.464. The van der Waals surface area contributed by atoms with Crippen LogP contribution in [0.15, 0.2) is 30.3 Å². The van der Waals surface area contributed by atoms with Crippen LogP contribution in [0.4, 0.5) is 4.79 Å². The molecule has 2 amide bonds. The Morgan fingerprint density at radius 1 is 1.22 bits per heavy atom. The van der Waals surface area contributed by atoms with Gasteiger partial charge in [-0.15, -0.1) is 0 Å². The maximum Gasteiger partial charge on any atom is 0.317 e. The van der Waals surface area contributed by atoms with Gasteiger partial charge in [0.1, 0.15) is 22.7 Å². The summed E-state index contributed by atoms with van der Waals surface area (Å²) in [6.07, 6.45) is 4.90. The maximum atomic E-state index is 12.5. The normalized spacial score (nSPS) is 22.9. The number of nitrogens with one attached hydrogen (secondary N) is 1. The van der Waals surface area contributed by atoms with E-state index in [-0.39, 0.29) is 17.8 Å². The summed E-state index contributed by atoms with van der Waals surface area (Å²) in [5.74, 6) is 1.55. The molecule has 2 N–H and O–H groups in total. The van der Waals surface area contributed by atoms with Crippen molar-refractivity contribution in [1.29, 1.82) is 0 Å². The van der Waals surface area contributed by atoms with Crippen molar-refractivity contribution in [3.8, 4) is 23.0 Å². The Labute approximate surface area is 215 Å². The van der Waals surface area contributed by atoms with E-state index in [9.17, 15) is 9.90 Å². The zero-order valence-corrected chi connectivity index (χ0v) is 21.5. The van der Waals surface area contributed by atoms with Crippen LogP contribution < -0.4 is 10.1 Å². The number of methoxy groups -OCH3 is 1. The minimum Gasteiger partial charge on any atom is -0.508 e. The number of pyridine rings is 2. The molecule has 2 bridgehead atoms. The highest BCUT2D eigenvalue weighted by Gasteiger charge is 2.56. The third kappa shape index (κ3) is 3.39. The topological polar surface area (TPSA) is 96.9 Å². The fourth-order valence-corrected chi connectivity index (χ4v) is 6.45. The Kier molecular flexibility index (Phi) is 4.78. The first-order chi connectivity index (χ1) is 17.8. The smallest absolute Gasteiger partial charge is 0.317 e. The number of urea groups is 1. The number of aromatic hydroxyl groups is 1. The summed E-state index contributed by atoms with van der Waals surface area (Å²) in [6.45, 7) is 6.57. The number of rotatable bonds is 6. The van der Waals surface area contributed by atoms with E-state index in [4.69, 9.17) is 14.7 Å². The van der Waals surface area contributed by atoms with E-state index in [1.807, 2.05) is 29.2 Å². The first kappa shape index (κ1) is 22.4. The summed E-state index contributed by atoms with van der Waals surface area (Å²) >= 11 is 0. The first-order valence-electron chi connectivity index (χ1n) is 13.2. The molecule has 0 spiro atoms. The van der Waals surface area contributed by atoms with Crippen LogP contribution in [0.3, 0.4) is 0 Å². The predicted molar refractivity (Wildman–Crippen MR) is 140 cm³/mol. The molecule has 0 unspecified atom stereocenters. The maximum absolute atomic E-state index is 12.5. The van der Waals surface area contributed by atoms with Gasteiger partial charge in [0, 0.05) is 37.2 Å².